The molecule has 0 aliphatic heterocycles. The van der Waals surface area contributed by atoms with E-state index < -0.39 is 49.8 Å². The van der Waals surface area contributed by atoms with Crippen molar-refractivity contribution in [1.82, 2.24) is 4.72 Å². The van der Waals surface area contributed by atoms with Gasteiger partial charge in [-0.15, -0.1) is 0 Å². The fourth-order valence-corrected chi connectivity index (χ4v) is 2.54. The minimum Gasteiger partial charge on any atom is -0.481 e. The predicted molar refractivity (Wildman–Crippen MR) is 65.0 cm³/mol. The van der Waals surface area contributed by atoms with Crippen LogP contribution in [0.2, 0.25) is 0 Å². The molecule has 0 bridgehead atoms. The van der Waals surface area contributed by atoms with E-state index in [2.05, 4.69) is 0 Å². The Morgan fingerprint density at radius 1 is 1.55 bits per heavy atom. The van der Waals surface area contributed by atoms with Gasteiger partial charge in [-0.1, -0.05) is 6.92 Å². The first kappa shape index (κ1) is 16.0. The van der Waals surface area contributed by atoms with Crippen molar-refractivity contribution in [1.29, 1.82) is 0 Å². The Labute approximate surface area is 113 Å². The van der Waals surface area contributed by atoms with Gasteiger partial charge in [-0.25, -0.2) is 17.5 Å². The number of carboxylic acid groups (broad SMARTS) is 1. The molecule has 1 aromatic carbocycles. The molecular formula is C10H11FN2O6S. The summed E-state index contributed by atoms with van der Waals surface area (Å²) >= 11 is 0. The topological polar surface area (TPSA) is 127 Å². The van der Waals surface area contributed by atoms with Crippen molar-refractivity contribution in [3.8, 4) is 0 Å². The molecule has 110 valence electrons. The van der Waals surface area contributed by atoms with Crippen molar-refractivity contribution >= 4 is 21.7 Å². The third kappa shape index (κ3) is 3.71. The van der Waals surface area contributed by atoms with Crippen molar-refractivity contribution in [2.24, 2.45) is 5.92 Å². The highest BCUT2D eigenvalue weighted by atomic mass is 32.2. The van der Waals surface area contributed by atoms with Crippen LogP contribution in [0.3, 0.4) is 0 Å². The molecule has 1 unspecified atom stereocenters. The molecule has 0 spiro atoms. The summed E-state index contributed by atoms with van der Waals surface area (Å²) in [5, 5.41) is 19.4. The van der Waals surface area contributed by atoms with Gasteiger partial charge in [-0.2, -0.15) is 0 Å². The highest BCUT2D eigenvalue weighted by Crippen LogP contribution is 2.24. The van der Waals surface area contributed by atoms with Gasteiger partial charge in [-0.05, 0) is 12.1 Å². The minimum atomic E-state index is -4.30. The summed E-state index contributed by atoms with van der Waals surface area (Å²) in [6, 6.07) is 2.00. The van der Waals surface area contributed by atoms with Gasteiger partial charge in [0.25, 0.3) is 5.69 Å². The van der Waals surface area contributed by atoms with E-state index in [0.717, 1.165) is 12.1 Å². The van der Waals surface area contributed by atoms with E-state index in [-0.39, 0.29) is 0 Å². The van der Waals surface area contributed by atoms with Crippen LogP contribution >= 0.6 is 0 Å². The van der Waals surface area contributed by atoms with Crippen LogP contribution in [0.25, 0.3) is 0 Å². The first-order chi connectivity index (χ1) is 9.15. The zero-order chi connectivity index (χ0) is 15.5. The number of carboxylic acids is 1. The maximum absolute atomic E-state index is 12.9. The number of benzene rings is 1. The maximum Gasteiger partial charge on any atom is 0.307 e. The first-order valence-electron chi connectivity index (χ1n) is 5.31. The van der Waals surface area contributed by atoms with Crippen LogP contribution in [-0.4, -0.2) is 31.0 Å². The average Bonchev–Trinajstić information content (AvgIpc) is 2.35. The van der Waals surface area contributed by atoms with Gasteiger partial charge in [0.15, 0.2) is 4.90 Å². The standard InChI is InChI=1S/C10H11FN2O6S/c1-6(10(14)15)5-12-20(18,19)9-3-2-7(11)4-8(9)13(16)17/h2-4,6,12H,5H2,1H3,(H,14,15). The predicted octanol–water partition coefficient (Wildman–Crippen LogP) is 0.733. The lowest BCUT2D eigenvalue weighted by Crippen LogP contribution is -2.31. The molecule has 2 N–H and O–H groups in total. The first-order valence-corrected chi connectivity index (χ1v) is 6.80. The highest BCUT2D eigenvalue weighted by molar-refractivity contribution is 7.89. The Kier molecular flexibility index (Phi) is 4.73. The molecule has 1 rings (SSSR count). The summed E-state index contributed by atoms with van der Waals surface area (Å²) in [5.74, 6) is -3.18. The molecule has 0 aliphatic rings. The number of hydrogen-bond donors (Lipinski definition) is 2. The Bertz CT molecular complexity index is 645. The number of hydrogen-bond acceptors (Lipinski definition) is 5. The number of rotatable bonds is 6. The number of nitrogens with zero attached hydrogens (tertiary/aromatic N) is 1. The number of sulfonamides is 1. The largest absolute Gasteiger partial charge is 0.481 e. The summed E-state index contributed by atoms with van der Waals surface area (Å²) in [4.78, 5) is 19.5. The van der Waals surface area contributed by atoms with Crippen molar-refractivity contribution in [2.45, 2.75) is 11.8 Å². The Morgan fingerprint density at radius 3 is 2.65 bits per heavy atom. The van der Waals surface area contributed by atoms with Crippen LogP contribution in [-0.2, 0) is 14.8 Å². The molecular weight excluding hydrogens is 295 g/mol. The van der Waals surface area contributed by atoms with Crippen molar-refractivity contribution in [3.05, 3.63) is 34.1 Å². The van der Waals surface area contributed by atoms with E-state index >= 15 is 0 Å². The number of aliphatic carboxylic acids is 1. The molecule has 0 fully saturated rings. The number of halogens is 1. The van der Waals surface area contributed by atoms with Gasteiger partial charge in [0, 0.05) is 6.54 Å². The SMILES string of the molecule is CC(CNS(=O)(=O)c1ccc(F)cc1[N+](=O)[O-])C(=O)O. The van der Waals surface area contributed by atoms with Crippen molar-refractivity contribution < 1.29 is 27.6 Å². The normalized spacial score (nSPS) is 12.9. The lowest BCUT2D eigenvalue weighted by Gasteiger charge is -2.09. The van der Waals surface area contributed by atoms with Gasteiger partial charge >= 0.3 is 5.97 Å². The lowest BCUT2D eigenvalue weighted by molar-refractivity contribution is -0.388. The van der Waals surface area contributed by atoms with Gasteiger partial charge in [0.2, 0.25) is 10.0 Å². The van der Waals surface area contributed by atoms with Gasteiger partial charge < -0.3 is 5.11 Å². The summed E-state index contributed by atoms with van der Waals surface area (Å²) in [6.45, 7) is 0.829. The molecule has 0 saturated carbocycles. The van der Waals surface area contributed by atoms with E-state index in [4.69, 9.17) is 5.11 Å². The lowest BCUT2D eigenvalue weighted by atomic mass is 10.2. The Hall–Kier alpha value is -2.07. The third-order valence-electron chi connectivity index (χ3n) is 2.41. The zero-order valence-corrected chi connectivity index (χ0v) is 11.1. The molecule has 0 aromatic heterocycles. The Morgan fingerprint density at radius 2 is 2.15 bits per heavy atom. The second-order valence-electron chi connectivity index (χ2n) is 3.96. The molecule has 8 nitrogen and oxygen atoms in total. The smallest absolute Gasteiger partial charge is 0.307 e. The molecule has 1 atom stereocenters. The number of nitrogens with one attached hydrogen (secondary N) is 1. The molecule has 0 heterocycles. The monoisotopic (exact) mass is 306 g/mol. The molecule has 1 aromatic rings. The Balaban J connectivity index is 3.10. The average molecular weight is 306 g/mol. The minimum absolute atomic E-state index is 0.438. The fraction of sp³-hybridized carbons (Fsp3) is 0.300. The van der Waals surface area contributed by atoms with E-state index in [1.165, 1.54) is 6.92 Å². The molecule has 0 aliphatic carbocycles. The van der Waals surface area contributed by atoms with Crippen LogP contribution in [0.4, 0.5) is 10.1 Å². The van der Waals surface area contributed by atoms with E-state index in [1.807, 2.05) is 4.72 Å². The van der Waals surface area contributed by atoms with Crippen molar-refractivity contribution in [2.75, 3.05) is 6.54 Å². The van der Waals surface area contributed by atoms with Crippen LogP contribution in [0.1, 0.15) is 6.92 Å². The van der Waals surface area contributed by atoms with Crippen LogP contribution in [0.15, 0.2) is 23.1 Å². The maximum atomic E-state index is 12.9. The molecule has 0 radical (unpaired) electrons. The van der Waals surface area contributed by atoms with Gasteiger partial charge in [-0.3, -0.25) is 14.9 Å². The van der Waals surface area contributed by atoms with Gasteiger partial charge in [0.05, 0.1) is 16.9 Å². The van der Waals surface area contributed by atoms with Crippen LogP contribution < -0.4 is 4.72 Å². The second kappa shape index (κ2) is 5.92. The summed E-state index contributed by atoms with van der Waals surface area (Å²) < 4.78 is 38.6. The van der Waals surface area contributed by atoms with Crippen LogP contribution in [0, 0.1) is 21.8 Å². The summed E-state index contributed by atoms with van der Waals surface area (Å²) in [5.41, 5.74) is -0.916. The summed E-state index contributed by atoms with van der Waals surface area (Å²) in [6.07, 6.45) is 0. The molecule has 10 heteroatoms. The number of nitro groups is 1. The van der Waals surface area contributed by atoms with Crippen LogP contribution in [0.5, 0.6) is 0 Å². The van der Waals surface area contributed by atoms with E-state index in [1.54, 1.807) is 0 Å². The zero-order valence-electron chi connectivity index (χ0n) is 10.2. The molecule has 0 amide bonds. The van der Waals surface area contributed by atoms with E-state index in [9.17, 15) is 27.7 Å². The van der Waals surface area contributed by atoms with Crippen molar-refractivity contribution in [3.63, 3.8) is 0 Å². The fourth-order valence-electron chi connectivity index (χ4n) is 1.26. The summed E-state index contributed by atoms with van der Waals surface area (Å²) in [7, 11) is -4.30. The number of nitro benzene ring substituents is 1. The number of carbonyl (C=O) groups is 1. The van der Waals surface area contributed by atoms with Gasteiger partial charge in [0.1, 0.15) is 5.82 Å². The second-order valence-corrected chi connectivity index (χ2v) is 5.70. The quantitative estimate of drug-likeness (QED) is 0.589. The highest BCUT2D eigenvalue weighted by Gasteiger charge is 2.27. The van der Waals surface area contributed by atoms with E-state index in [0.29, 0.717) is 6.07 Å². The molecule has 20 heavy (non-hydrogen) atoms. The third-order valence-corrected chi connectivity index (χ3v) is 3.88. The molecule has 0 saturated heterocycles.